The Kier molecular flexibility index (Phi) is 7.58. The van der Waals surface area contributed by atoms with E-state index in [0.29, 0.717) is 29.0 Å². The van der Waals surface area contributed by atoms with Gasteiger partial charge in [0.05, 0.1) is 11.9 Å². The number of benzene rings is 1. The third-order valence-corrected chi connectivity index (χ3v) is 6.72. The molecule has 35 heavy (non-hydrogen) atoms. The number of fused-ring (bicyclic) bond motifs is 1. The lowest BCUT2D eigenvalue weighted by Crippen LogP contribution is -2.44. The topological polar surface area (TPSA) is 124 Å². The Bertz CT molecular complexity index is 1310. The molecule has 1 aliphatic carbocycles. The fourth-order valence-corrected chi connectivity index (χ4v) is 4.88. The molecule has 3 heterocycles. The molecule has 5 rings (SSSR count). The van der Waals surface area contributed by atoms with E-state index >= 15 is 0 Å². The van der Waals surface area contributed by atoms with Gasteiger partial charge in [0.1, 0.15) is 11.2 Å². The smallest absolute Gasteiger partial charge is 0.262 e. The molecule has 1 aromatic carbocycles. The average Bonchev–Trinajstić information content (AvgIpc) is 3.16. The first-order valence-corrected chi connectivity index (χ1v) is 13.9. The van der Waals surface area contributed by atoms with E-state index < -0.39 is 10.1 Å². The maximum Gasteiger partial charge on any atom is 0.262 e. The molecule has 11 heteroatoms. The molecular formula is C24H34N6O4S. The van der Waals surface area contributed by atoms with Crippen molar-refractivity contribution in [2.75, 3.05) is 44.4 Å². The first-order valence-electron chi connectivity index (χ1n) is 12.0. The number of likely N-dealkylation sites (N-methyl/N-ethyl adjacent to an activating group) is 1. The van der Waals surface area contributed by atoms with Crippen LogP contribution in [-0.2, 0) is 17.2 Å². The number of aromatic amines is 1. The minimum Gasteiger partial charge on any atom is -0.369 e. The van der Waals surface area contributed by atoms with Crippen LogP contribution in [-0.4, -0.2) is 77.1 Å². The number of piperazine rings is 1. The van der Waals surface area contributed by atoms with Crippen LogP contribution in [0.4, 0.5) is 5.69 Å². The minimum absolute atomic E-state index is 0.0770. The first-order chi connectivity index (χ1) is 16.6. The van der Waals surface area contributed by atoms with Crippen molar-refractivity contribution >= 4 is 26.8 Å². The van der Waals surface area contributed by atoms with Crippen LogP contribution in [0.1, 0.15) is 43.7 Å². The highest BCUT2D eigenvalue weighted by Crippen LogP contribution is 2.34. The monoisotopic (exact) mass is 502 g/mol. The number of rotatable bonds is 3. The number of anilines is 1. The summed E-state index contributed by atoms with van der Waals surface area (Å²) in [7, 11) is 0.387. The van der Waals surface area contributed by atoms with Gasteiger partial charge < -0.3 is 14.8 Å². The van der Waals surface area contributed by atoms with E-state index in [1.54, 1.807) is 4.68 Å². The van der Waals surface area contributed by atoms with E-state index in [4.69, 9.17) is 14.6 Å². The number of nitrogens with one attached hydrogen (secondary N) is 1. The van der Waals surface area contributed by atoms with E-state index in [9.17, 15) is 13.2 Å². The molecule has 2 aliphatic rings. The molecule has 2 N–H and O–H groups in total. The summed E-state index contributed by atoms with van der Waals surface area (Å²) in [5.74, 6) is 0.981. The molecule has 10 nitrogen and oxygen atoms in total. The van der Waals surface area contributed by atoms with E-state index in [1.807, 2.05) is 7.05 Å². The lowest BCUT2D eigenvalue weighted by atomic mass is 9.86. The second-order valence-corrected chi connectivity index (χ2v) is 11.0. The highest BCUT2D eigenvalue weighted by Gasteiger charge is 2.24. The molecule has 2 fully saturated rings. The molecule has 0 atom stereocenters. The van der Waals surface area contributed by atoms with Gasteiger partial charge >= 0.3 is 0 Å². The van der Waals surface area contributed by atoms with Gasteiger partial charge in [0, 0.05) is 50.4 Å². The second-order valence-electron chi connectivity index (χ2n) is 9.53. The fourth-order valence-electron chi connectivity index (χ4n) is 4.88. The predicted octanol–water partition coefficient (Wildman–Crippen LogP) is 2.63. The van der Waals surface area contributed by atoms with Gasteiger partial charge in [0.25, 0.3) is 15.7 Å². The third kappa shape index (κ3) is 6.28. The Hall–Kier alpha value is -2.76. The summed E-state index contributed by atoms with van der Waals surface area (Å²) in [5, 5.41) is 5.38. The molecule has 0 bridgehead atoms. The van der Waals surface area contributed by atoms with Crippen molar-refractivity contribution in [2.45, 2.75) is 38.0 Å². The van der Waals surface area contributed by atoms with Crippen molar-refractivity contribution in [1.29, 1.82) is 0 Å². The van der Waals surface area contributed by atoms with E-state index in [2.05, 4.69) is 46.1 Å². The summed E-state index contributed by atoms with van der Waals surface area (Å²) in [5.41, 5.74) is 3.67. The van der Waals surface area contributed by atoms with Crippen LogP contribution in [0.5, 0.6) is 0 Å². The van der Waals surface area contributed by atoms with Crippen LogP contribution in [0.2, 0.25) is 0 Å². The summed E-state index contributed by atoms with van der Waals surface area (Å²) in [4.78, 5) is 25.6. The van der Waals surface area contributed by atoms with Gasteiger partial charge in [-0.1, -0.05) is 19.3 Å². The normalized spacial score (nSPS) is 17.9. The number of hydrogen-bond acceptors (Lipinski definition) is 7. The molecule has 2 aromatic heterocycles. The zero-order valence-electron chi connectivity index (χ0n) is 20.6. The van der Waals surface area contributed by atoms with Crippen molar-refractivity contribution in [3.8, 4) is 11.4 Å². The van der Waals surface area contributed by atoms with E-state index in [1.165, 1.54) is 24.9 Å². The predicted molar refractivity (Wildman–Crippen MR) is 138 cm³/mol. The van der Waals surface area contributed by atoms with Crippen LogP contribution in [0.15, 0.2) is 29.1 Å². The Morgan fingerprint density at radius 1 is 1.00 bits per heavy atom. The average molecular weight is 503 g/mol. The van der Waals surface area contributed by atoms with Crippen molar-refractivity contribution in [1.82, 2.24) is 24.6 Å². The third-order valence-electron chi connectivity index (χ3n) is 6.72. The fraction of sp³-hybridized carbons (Fsp3) is 0.542. The zero-order valence-corrected chi connectivity index (χ0v) is 21.4. The lowest BCUT2D eigenvalue weighted by Gasteiger charge is -2.34. The lowest BCUT2D eigenvalue weighted by molar-refractivity contribution is 0.313. The van der Waals surface area contributed by atoms with Gasteiger partial charge in [-0.2, -0.15) is 13.5 Å². The maximum atomic E-state index is 13.0. The van der Waals surface area contributed by atoms with Crippen LogP contribution in [0.25, 0.3) is 22.4 Å². The molecule has 0 spiro atoms. The Morgan fingerprint density at radius 3 is 2.20 bits per heavy atom. The zero-order chi connectivity index (χ0) is 25.2. The Labute approximate surface area is 205 Å². The summed E-state index contributed by atoms with van der Waals surface area (Å²) in [6.45, 7) is 4.24. The van der Waals surface area contributed by atoms with Gasteiger partial charge in [-0.15, -0.1) is 0 Å². The van der Waals surface area contributed by atoms with Gasteiger partial charge in [-0.25, -0.2) is 9.67 Å². The van der Waals surface area contributed by atoms with Crippen LogP contribution in [0.3, 0.4) is 0 Å². The molecule has 0 unspecified atom stereocenters. The highest BCUT2D eigenvalue weighted by molar-refractivity contribution is 7.85. The van der Waals surface area contributed by atoms with Gasteiger partial charge in [0.2, 0.25) is 0 Å². The van der Waals surface area contributed by atoms with Crippen LogP contribution < -0.4 is 10.5 Å². The summed E-state index contributed by atoms with van der Waals surface area (Å²) in [6, 6.07) is 8.36. The summed E-state index contributed by atoms with van der Waals surface area (Å²) >= 11 is 0. The quantitative estimate of drug-likeness (QED) is 0.524. The Morgan fingerprint density at radius 2 is 1.60 bits per heavy atom. The molecule has 1 saturated carbocycles. The standard InChI is InChI=1S/C23H30N6O.CH4O3S/c1-27-12-14-29(15-13-27)18-10-8-17(9-11-18)21-24-22-19(23(30)25-21)20(26-28(22)2)16-6-4-3-5-7-16;1-5(2,3)4/h8-11,16H,3-7,12-15H2,1-2H3,(H,24,25,30);1H3,(H,2,3,4). The van der Waals surface area contributed by atoms with Crippen molar-refractivity contribution in [3.63, 3.8) is 0 Å². The number of H-pyrrole nitrogens is 1. The molecule has 1 aliphatic heterocycles. The van der Waals surface area contributed by atoms with Gasteiger partial charge in [-0.05, 0) is 44.2 Å². The van der Waals surface area contributed by atoms with Crippen LogP contribution >= 0.6 is 0 Å². The van der Waals surface area contributed by atoms with Gasteiger partial charge in [-0.3, -0.25) is 9.35 Å². The molecule has 0 radical (unpaired) electrons. The van der Waals surface area contributed by atoms with Crippen molar-refractivity contribution in [2.24, 2.45) is 7.05 Å². The van der Waals surface area contributed by atoms with Crippen LogP contribution in [0, 0.1) is 0 Å². The Balaban J connectivity index is 0.000000527. The van der Waals surface area contributed by atoms with Crippen molar-refractivity contribution in [3.05, 3.63) is 40.3 Å². The molecular weight excluding hydrogens is 468 g/mol. The molecule has 1 saturated heterocycles. The highest BCUT2D eigenvalue weighted by atomic mass is 32.2. The molecule has 3 aromatic rings. The first kappa shape index (κ1) is 25.3. The summed E-state index contributed by atoms with van der Waals surface area (Å²) < 4.78 is 27.6. The van der Waals surface area contributed by atoms with E-state index in [-0.39, 0.29) is 5.56 Å². The largest absolute Gasteiger partial charge is 0.369 e. The van der Waals surface area contributed by atoms with Crippen molar-refractivity contribution < 1.29 is 13.0 Å². The number of aromatic nitrogens is 4. The van der Waals surface area contributed by atoms with Gasteiger partial charge in [0.15, 0.2) is 5.65 Å². The number of aryl methyl sites for hydroxylation is 1. The second kappa shape index (κ2) is 10.5. The SMILES string of the molecule is CN1CCN(c2ccc(-c3nc4c(c(C5CCCCC5)nn4C)c(=O)[nH]3)cc2)CC1.CS(=O)(=O)O. The maximum absolute atomic E-state index is 13.0. The number of hydrogen-bond donors (Lipinski definition) is 2. The number of nitrogens with zero attached hydrogens (tertiary/aromatic N) is 5. The molecule has 190 valence electrons. The minimum atomic E-state index is -3.67. The summed E-state index contributed by atoms with van der Waals surface area (Å²) in [6.07, 6.45) is 6.65. The molecule has 0 amide bonds. The van der Waals surface area contributed by atoms with E-state index in [0.717, 1.165) is 50.3 Å².